The molecule has 1 aliphatic carbocycles. The van der Waals surface area contributed by atoms with Crippen LogP contribution in [-0.2, 0) is 25.7 Å². The van der Waals surface area contributed by atoms with Crippen molar-refractivity contribution in [3.63, 3.8) is 0 Å². The van der Waals surface area contributed by atoms with Gasteiger partial charge in [0.1, 0.15) is 5.75 Å². The van der Waals surface area contributed by atoms with E-state index in [2.05, 4.69) is 84.3 Å². The monoisotopic (exact) mass is 714 g/mol. The van der Waals surface area contributed by atoms with Crippen molar-refractivity contribution in [2.45, 2.75) is 63.5 Å². The third-order valence-corrected chi connectivity index (χ3v) is 11.8. The number of rotatable bonds is 4. The first-order valence-corrected chi connectivity index (χ1v) is 18.9. The summed E-state index contributed by atoms with van der Waals surface area (Å²) in [5.74, 6) is 13.0. The minimum atomic E-state index is -0.0671. The molecule has 4 heterocycles. The molecule has 6 bridgehead atoms. The van der Waals surface area contributed by atoms with Gasteiger partial charge in [-0.3, -0.25) is 9.80 Å². The molecule has 0 saturated heterocycles. The van der Waals surface area contributed by atoms with E-state index >= 15 is 0 Å². The summed E-state index contributed by atoms with van der Waals surface area (Å²) in [6.45, 7) is 1.81. The molecule has 8 nitrogen and oxygen atoms in total. The van der Waals surface area contributed by atoms with Gasteiger partial charge >= 0.3 is 0 Å². The molecule has 5 aliphatic rings. The molecule has 276 valence electrons. The number of hydrogen-bond donors (Lipinski definition) is 0. The predicted molar refractivity (Wildman–Crippen MR) is 207 cm³/mol. The highest BCUT2D eigenvalue weighted by Gasteiger charge is 2.37. The molecule has 9 rings (SSSR count). The Morgan fingerprint density at radius 1 is 0.679 bits per heavy atom. The third-order valence-electron chi connectivity index (χ3n) is 11.8. The van der Waals surface area contributed by atoms with Gasteiger partial charge in [-0.05, 0) is 117 Å². The summed E-state index contributed by atoms with van der Waals surface area (Å²) in [6, 6.07) is 19.1. The number of methoxy groups -OCH3 is 4. The fourth-order valence-corrected chi connectivity index (χ4v) is 8.78. The second-order valence-corrected chi connectivity index (χ2v) is 14.8. The summed E-state index contributed by atoms with van der Waals surface area (Å²) in [6.07, 6.45) is 8.00. The van der Waals surface area contributed by atoms with E-state index in [0.717, 1.165) is 73.2 Å². The van der Waals surface area contributed by atoms with Gasteiger partial charge in [-0.2, -0.15) is 0 Å². The van der Waals surface area contributed by atoms with Crippen LogP contribution in [0.2, 0.25) is 0 Å². The van der Waals surface area contributed by atoms with Gasteiger partial charge in [0, 0.05) is 36.7 Å². The van der Waals surface area contributed by atoms with Gasteiger partial charge in [0.05, 0.1) is 34.0 Å². The van der Waals surface area contributed by atoms with Gasteiger partial charge in [-0.15, -0.1) is 0 Å². The van der Waals surface area contributed by atoms with E-state index in [1.54, 1.807) is 28.4 Å². The summed E-state index contributed by atoms with van der Waals surface area (Å²) >= 11 is 0. The maximum absolute atomic E-state index is 7.21. The predicted octanol–water partition coefficient (Wildman–Crippen LogP) is 8.70. The third kappa shape index (κ3) is 6.66. The Morgan fingerprint density at radius 2 is 1.36 bits per heavy atom. The van der Waals surface area contributed by atoms with Crippen LogP contribution < -0.4 is 28.4 Å². The lowest BCUT2D eigenvalue weighted by atomic mass is 9.84. The van der Waals surface area contributed by atoms with Crippen molar-refractivity contribution in [1.82, 2.24) is 9.80 Å². The number of likely N-dealkylation sites (N-methyl/N-ethyl adjacent to an activating group) is 2. The average Bonchev–Trinajstić information content (AvgIpc) is 3.70. The first-order valence-electron chi connectivity index (χ1n) is 18.9. The minimum absolute atomic E-state index is 0.0671. The minimum Gasteiger partial charge on any atom is -0.493 e. The molecule has 4 aromatic rings. The Morgan fingerprint density at radius 3 is 2.09 bits per heavy atom. The second-order valence-electron chi connectivity index (χ2n) is 14.8. The molecule has 0 spiro atoms. The molecule has 0 amide bonds. The molecule has 1 fully saturated rings. The lowest BCUT2D eigenvalue weighted by Crippen LogP contribution is -2.34. The summed E-state index contributed by atoms with van der Waals surface area (Å²) in [5.41, 5.74) is 7.97. The molecular formula is C45H50N2O6. The highest BCUT2D eigenvalue weighted by molar-refractivity contribution is 5.71. The summed E-state index contributed by atoms with van der Waals surface area (Å²) < 4.78 is 38.1. The smallest absolute Gasteiger partial charge is 0.205 e. The standard InChI is InChI=1S/C45H50N2O6/c1-46-21-19-31-26-39(49-4)41-27-35(31)36(46)23-29-11-15-32(16-12-29)52-40-25-30(14-18-38(40)48-3)24-37-42-33(20-22-47(37)2)34(17-13-28-9-7-8-10-28)43(50-5)45(51-6)44(42)53-41/h11-12,14-16,18,25-28,36-37H,7-10,19-24H2,1-6H3/t36-,37-/m0/s1. The molecule has 4 aromatic carbocycles. The van der Waals surface area contributed by atoms with Crippen molar-refractivity contribution in [3.05, 3.63) is 93.5 Å². The van der Waals surface area contributed by atoms with Gasteiger partial charge in [0.25, 0.3) is 0 Å². The fourth-order valence-electron chi connectivity index (χ4n) is 8.78. The van der Waals surface area contributed by atoms with Crippen molar-refractivity contribution in [2.75, 3.05) is 55.6 Å². The maximum atomic E-state index is 7.21. The van der Waals surface area contributed by atoms with E-state index in [0.29, 0.717) is 52.6 Å². The van der Waals surface area contributed by atoms with Crippen LogP contribution in [0.25, 0.3) is 0 Å². The van der Waals surface area contributed by atoms with Crippen LogP contribution >= 0.6 is 0 Å². The van der Waals surface area contributed by atoms with Crippen molar-refractivity contribution in [1.29, 1.82) is 0 Å². The normalized spacial score (nSPS) is 19.8. The number of hydrogen-bond acceptors (Lipinski definition) is 8. The van der Waals surface area contributed by atoms with Crippen LogP contribution in [0.1, 0.15) is 76.7 Å². The molecule has 53 heavy (non-hydrogen) atoms. The first kappa shape index (κ1) is 35.2. The molecular weight excluding hydrogens is 665 g/mol. The van der Waals surface area contributed by atoms with Gasteiger partial charge < -0.3 is 28.4 Å². The van der Waals surface area contributed by atoms with E-state index in [1.165, 1.54) is 29.5 Å². The van der Waals surface area contributed by atoms with Crippen LogP contribution in [-0.4, -0.2) is 65.4 Å². The van der Waals surface area contributed by atoms with Gasteiger partial charge in [0.2, 0.25) is 5.75 Å². The van der Waals surface area contributed by atoms with E-state index in [9.17, 15) is 0 Å². The molecule has 2 atom stereocenters. The van der Waals surface area contributed by atoms with E-state index in [4.69, 9.17) is 28.4 Å². The number of nitrogens with zero attached hydrogens (tertiary/aromatic N) is 2. The Kier molecular flexibility index (Phi) is 9.89. The highest BCUT2D eigenvalue weighted by Crippen LogP contribution is 2.54. The first-order chi connectivity index (χ1) is 25.9. The zero-order valence-corrected chi connectivity index (χ0v) is 31.8. The summed E-state index contributed by atoms with van der Waals surface area (Å²) in [5, 5.41) is 0. The molecule has 0 radical (unpaired) electrons. The zero-order valence-electron chi connectivity index (χ0n) is 31.8. The van der Waals surface area contributed by atoms with Gasteiger partial charge in [0.15, 0.2) is 34.5 Å². The highest BCUT2D eigenvalue weighted by atomic mass is 16.5. The van der Waals surface area contributed by atoms with E-state index in [-0.39, 0.29) is 12.1 Å². The Hall–Kier alpha value is -4.84. The number of fused-ring (bicyclic) bond motifs is 2. The molecule has 0 unspecified atom stereocenters. The van der Waals surface area contributed by atoms with Crippen LogP contribution in [0, 0.1) is 17.8 Å². The molecule has 8 heteroatoms. The van der Waals surface area contributed by atoms with E-state index < -0.39 is 0 Å². The summed E-state index contributed by atoms with van der Waals surface area (Å²) in [4.78, 5) is 4.85. The lowest BCUT2D eigenvalue weighted by molar-refractivity contribution is 0.220. The topological polar surface area (TPSA) is 61.9 Å². The molecule has 0 N–H and O–H groups in total. The van der Waals surface area contributed by atoms with Crippen LogP contribution in [0.5, 0.6) is 46.0 Å². The Labute approximate surface area is 313 Å². The van der Waals surface area contributed by atoms with Crippen molar-refractivity contribution >= 4 is 0 Å². The fraction of sp³-hybridized carbons (Fsp3) is 0.422. The average molecular weight is 715 g/mol. The van der Waals surface area contributed by atoms with Crippen LogP contribution in [0.3, 0.4) is 0 Å². The van der Waals surface area contributed by atoms with Crippen molar-refractivity contribution in [3.8, 4) is 57.8 Å². The van der Waals surface area contributed by atoms with Gasteiger partial charge in [-0.25, -0.2) is 0 Å². The largest absolute Gasteiger partial charge is 0.493 e. The zero-order chi connectivity index (χ0) is 36.6. The van der Waals surface area contributed by atoms with Crippen molar-refractivity contribution in [2.24, 2.45) is 5.92 Å². The van der Waals surface area contributed by atoms with Crippen LogP contribution in [0.15, 0.2) is 54.6 Å². The molecule has 1 saturated carbocycles. The Balaban J connectivity index is 1.38. The van der Waals surface area contributed by atoms with Crippen LogP contribution in [0.4, 0.5) is 0 Å². The maximum Gasteiger partial charge on any atom is 0.205 e. The van der Waals surface area contributed by atoms with E-state index in [1.807, 2.05) is 6.07 Å². The number of benzene rings is 4. The second kappa shape index (κ2) is 14.9. The lowest BCUT2D eigenvalue weighted by Gasteiger charge is -2.38. The molecule has 4 aliphatic heterocycles. The SMILES string of the molecule is COc1ccc2cc1Oc1ccc(cc1)C[C@H]1c3cc(c(OC)cc3CCN1C)Oc1c(OC)c(OC)c(C#CC3CCCC3)c3c1[C@H](C2)N(C)CC3. The number of ether oxygens (including phenoxy) is 6. The quantitative estimate of drug-likeness (QED) is 0.195. The van der Waals surface area contributed by atoms with Gasteiger partial charge in [-0.1, -0.05) is 42.9 Å². The molecule has 0 aromatic heterocycles. The Bertz CT molecular complexity index is 2060. The summed E-state index contributed by atoms with van der Waals surface area (Å²) in [7, 11) is 11.2. The van der Waals surface area contributed by atoms with Crippen molar-refractivity contribution < 1.29 is 28.4 Å².